The first-order chi connectivity index (χ1) is 10.1. The maximum atomic E-state index is 12.3. The van der Waals surface area contributed by atoms with Crippen LogP contribution >= 0.6 is 15.9 Å². The summed E-state index contributed by atoms with van der Waals surface area (Å²) < 4.78 is 1.88. The Morgan fingerprint density at radius 2 is 2.38 bits per heavy atom. The van der Waals surface area contributed by atoms with Crippen molar-refractivity contribution in [2.45, 2.75) is 32.4 Å². The number of carbonyl (C=O) groups excluding carboxylic acids is 1. The lowest BCUT2D eigenvalue weighted by atomic mass is 10.1. The summed E-state index contributed by atoms with van der Waals surface area (Å²) in [6, 6.07) is -0.470. The van der Waals surface area contributed by atoms with Crippen LogP contribution in [0.15, 0.2) is 15.5 Å². The number of hydrogen-bond acceptors (Lipinski definition) is 5. The molecule has 2 heterocycles. The van der Waals surface area contributed by atoms with Gasteiger partial charge in [0.15, 0.2) is 0 Å². The molecule has 0 bridgehead atoms. The quantitative estimate of drug-likeness (QED) is 0.777. The zero-order valence-electron chi connectivity index (χ0n) is 12.0. The largest absolute Gasteiger partial charge is 0.368 e. The number of hydrogen-bond donors (Lipinski definition) is 2. The molecule has 2 rings (SSSR count). The van der Waals surface area contributed by atoms with Gasteiger partial charge in [0, 0.05) is 26.2 Å². The van der Waals surface area contributed by atoms with E-state index in [-0.39, 0.29) is 5.56 Å². The van der Waals surface area contributed by atoms with Gasteiger partial charge in [-0.3, -0.25) is 9.59 Å². The van der Waals surface area contributed by atoms with E-state index < -0.39 is 11.9 Å². The summed E-state index contributed by atoms with van der Waals surface area (Å²) in [5, 5.41) is 7.33. The van der Waals surface area contributed by atoms with Gasteiger partial charge in [0.25, 0.3) is 5.56 Å². The Hall–Kier alpha value is -1.41. The molecule has 0 aliphatic carbocycles. The first-order valence-corrected chi connectivity index (χ1v) is 7.87. The van der Waals surface area contributed by atoms with Gasteiger partial charge in [-0.2, -0.15) is 5.10 Å². The second-order valence-electron chi connectivity index (χ2n) is 5.04. The minimum absolute atomic E-state index is 0.178. The molecule has 1 amide bonds. The van der Waals surface area contributed by atoms with E-state index in [1.54, 1.807) is 6.20 Å². The van der Waals surface area contributed by atoms with Crippen LogP contribution in [0.2, 0.25) is 0 Å². The molecule has 1 aromatic heterocycles. The van der Waals surface area contributed by atoms with E-state index in [1.165, 1.54) is 4.68 Å². The van der Waals surface area contributed by atoms with Gasteiger partial charge in [-0.25, -0.2) is 4.68 Å². The summed E-state index contributed by atoms with van der Waals surface area (Å²) in [4.78, 5) is 25.7. The number of primary amides is 1. The lowest BCUT2D eigenvalue weighted by molar-refractivity contribution is -0.119. The molecule has 0 radical (unpaired) electrons. The van der Waals surface area contributed by atoms with E-state index in [2.05, 4.69) is 33.3 Å². The van der Waals surface area contributed by atoms with Crippen LogP contribution < -0.4 is 21.5 Å². The fourth-order valence-corrected chi connectivity index (χ4v) is 2.91. The Morgan fingerprint density at radius 3 is 3.05 bits per heavy atom. The molecule has 1 atom stereocenters. The minimum Gasteiger partial charge on any atom is -0.368 e. The molecule has 1 aromatic rings. The predicted molar refractivity (Wildman–Crippen MR) is 84.3 cm³/mol. The van der Waals surface area contributed by atoms with E-state index >= 15 is 0 Å². The van der Waals surface area contributed by atoms with Crippen LogP contribution in [0.25, 0.3) is 0 Å². The molecule has 0 spiro atoms. The van der Waals surface area contributed by atoms with Crippen molar-refractivity contribution < 1.29 is 4.79 Å². The van der Waals surface area contributed by atoms with Gasteiger partial charge in [0.1, 0.15) is 10.5 Å². The average Bonchev–Trinajstić information content (AvgIpc) is 2.49. The van der Waals surface area contributed by atoms with E-state index in [0.29, 0.717) is 29.8 Å². The van der Waals surface area contributed by atoms with Crippen LogP contribution in [-0.2, 0) is 11.3 Å². The predicted octanol–water partition coefficient (Wildman–Crippen LogP) is 0.0694. The molecule has 1 aliphatic rings. The number of aromatic nitrogens is 2. The van der Waals surface area contributed by atoms with Gasteiger partial charge in [-0.1, -0.05) is 13.3 Å². The number of unbranched alkanes of at least 4 members (excludes halogenated alkanes) is 1. The molecule has 1 saturated heterocycles. The second-order valence-corrected chi connectivity index (χ2v) is 5.83. The van der Waals surface area contributed by atoms with Gasteiger partial charge < -0.3 is 16.0 Å². The van der Waals surface area contributed by atoms with Crippen LogP contribution in [0.3, 0.4) is 0 Å². The van der Waals surface area contributed by atoms with E-state index in [9.17, 15) is 9.59 Å². The van der Waals surface area contributed by atoms with Crippen molar-refractivity contribution in [3.05, 3.63) is 21.0 Å². The highest BCUT2D eigenvalue weighted by Gasteiger charge is 2.29. The number of nitrogens with one attached hydrogen (secondary N) is 1. The molecule has 0 aromatic carbocycles. The molecule has 1 fully saturated rings. The molecule has 116 valence electrons. The molecule has 21 heavy (non-hydrogen) atoms. The number of aryl methyl sites for hydroxylation is 1. The number of halogens is 1. The fourth-order valence-electron chi connectivity index (χ4n) is 2.37. The topological polar surface area (TPSA) is 93.2 Å². The van der Waals surface area contributed by atoms with Gasteiger partial charge in [0.2, 0.25) is 5.91 Å². The molecular weight excluding hydrogens is 338 g/mol. The number of amides is 1. The molecule has 8 heteroatoms. The highest BCUT2D eigenvalue weighted by Crippen LogP contribution is 2.24. The lowest BCUT2D eigenvalue weighted by Gasteiger charge is -2.36. The van der Waals surface area contributed by atoms with Crippen LogP contribution in [0, 0.1) is 0 Å². The first kappa shape index (κ1) is 16.0. The SMILES string of the molecule is CCCCn1ncc(N2CCNCC2C(N)=O)c(Br)c1=O. The van der Waals surface area contributed by atoms with Crippen molar-refractivity contribution in [2.75, 3.05) is 24.5 Å². The molecule has 7 nitrogen and oxygen atoms in total. The molecule has 0 saturated carbocycles. The lowest BCUT2D eigenvalue weighted by Crippen LogP contribution is -2.57. The van der Waals surface area contributed by atoms with Crippen LogP contribution in [0.1, 0.15) is 19.8 Å². The third-order valence-electron chi connectivity index (χ3n) is 3.57. The number of nitrogens with zero attached hydrogens (tertiary/aromatic N) is 3. The highest BCUT2D eigenvalue weighted by molar-refractivity contribution is 9.10. The zero-order chi connectivity index (χ0) is 15.4. The average molecular weight is 358 g/mol. The van der Waals surface area contributed by atoms with Gasteiger partial charge in [-0.15, -0.1) is 0 Å². The summed E-state index contributed by atoms with van der Waals surface area (Å²) in [5.41, 5.74) is 5.88. The van der Waals surface area contributed by atoms with Crippen molar-refractivity contribution in [3.8, 4) is 0 Å². The van der Waals surface area contributed by atoms with Crippen molar-refractivity contribution in [1.82, 2.24) is 15.1 Å². The van der Waals surface area contributed by atoms with Crippen LogP contribution in [0.4, 0.5) is 5.69 Å². The number of rotatable bonds is 5. The Kier molecular flexibility index (Phi) is 5.35. The van der Waals surface area contributed by atoms with Gasteiger partial charge in [0.05, 0.1) is 11.9 Å². The number of nitrogens with two attached hydrogens (primary N) is 1. The number of carbonyl (C=O) groups is 1. The van der Waals surface area contributed by atoms with Crippen molar-refractivity contribution in [2.24, 2.45) is 5.73 Å². The number of piperazine rings is 1. The van der Waals surface area contributed by atoms with E-state index in [0.717, 1.165) is 19.4 Å². The maximum absolute atomic E-state index is 12.3. The molecule has 1 unspecified atom stereocenters. The Balaban J connectivity index is 2.33. The van der Waals surface area contributed by atoms with Gasteiger partial charge >= 0.3 is 0 Å². The van der Waals surface area contributed by atoms with Crippen LogP contribution in [-0.4, -0.2) is 41.4 Å². The second kappa shape index (κ2) is 7.04. The van der Waals surface area contributed by atoms with Crippen molar-refractivity contribution in [3.63, 3.8) is 0 Å². The zero-order valence-corrected chi connectivity index (χ0v) is 13.6. The summed E-state index contributed by atoms with van der Waals surface area (Å²) in [7, 11) is 0. The third kappa shape index (κ3) is 3.44. The van der Waals surface area contributed by atoms with Crippen molar-refractivity contribution >= 4 is 27.5 Å². The summed E-state index contributed by atoms with van der Waals surface area (Å²) >= 11 is 3.35. The fraction of sp³-hybridized carbons (Fsp3) is 0.615. The number of anilines is 1. The van der Waals surface area contributed by atoms with E-state index in [4.69, 9.17) is 5.73 Å². The molecular formula is C13H20BrN5O2. The monoisotopic (exact) mass is 357 g/mol. The maximum Gasteiger partial charge on any atom is 0.283 e. The molecule has 3 N–H and O–H groups in total. The Bertz CT molecular complexity index is 574. The van der Waals surface area contributed by atoms with Gasteiger partial charge in [-0.05, 0) is 22.4 Å². The van der Waals surface area contributed by atoms with E-state index in [1.807, 2.05) is 4.90 Å². The first-order valence-electron chi connectivity index (χ1n) is 7.08. The Morgan fingerprint density at radius 1 is 1.62 bits per heavy atom. The minimum atomic E-state index is -0.470. The summed E-state index contributed by atoms with van der Waals surface area (Å²) in [6.07, 6.45) is 3.52. The standard InChI is InChI=1S/C13H20BrN5O2/c1-2-3-5-19-13(21)11(14)9(8-17-19)18-6-4-16-7-10(18)12(15)20/h8,10,16H,2-7H2,1H3,(H2,15,20). The molecule has 1 aliphatic heterocycles. The van der Waals surface area contributed by atoms with Crippen molar-refractivity contribution in [1.29, 1.82) is 0 Å². The highest BCUT2D eigenvalue weighted by atomic mass is 79.9. The third-order valence-corrected chi connectivity index (χ3v) is 4.32. The summed E-state index contributed by atoms with van der Waals surface area (Å²) in [6.45, 7) is 4.46. The Labute approximate surface area is 131 Å². The summed E-state index contributed by atoms with van der Waals surface area (Å²) in [5.74, 6) is -0.413. The van der Waals surface area contributed by atoms with Crippen LogP contribution in [0.5, 0.6) is 0 Å². The smallest absolute Gasteiger partial charge is 0.283 e. The normalized spacial score (nSPS) is 18.8.